The van der Waals surface area contributed by atoms with E-state index >= 15 is 0 Å². The third-order valence-electron chi connectivity index (χ3n) is 5.22. The van der Waals surface area contributed by atoms with Gasteiger partial charge in [-0.25, -0.2) is 4.98 Å². The summed E-state index contributed by atoms with van der Waals surface area (Å²) in [6, 6.07) is 22.6. The summed E-state index contributed by atoms with van der Waals surface area (Å²) in [6.07, 6.45) is 0.161. The number of carbonyl (C=O) groups excluding carboxylic acids is 2. The average Bonchev–Trinajstić information content (AvgIpc) is 3.23. The van der Waals surface area contributed by atoms with E-state index in [2.05, 4.69) is 15.3 Å². The minimum absolute atomic E-state index is 0.0203. The molecule has 2 amide bonds. The Morgan fingerprint density at radius 1 is 1.03 bits per heavy atom. The number of aromatic nitrogens is 2. The fourth-order valence-electron chi connectivity index (χ4n) is 3.70. The first-order chi connectivity index (χ1) is 15.2. The monoisotopic (exact) mass is 412 g/mol. The van der Waals surface area contributed by atoms with Crippen molar-refractivity contribution in [2.75, 3.05) is 23.4 Å². The number of anilines is 2. The number of nitrogens with zero attached hydrogens (tertiary/aromatic N) is 2. The van der Waals surface area contributed by atoms with Gasteiger partial charge in [0.15, 0.2) is 6.61 Å². The molecule has 2 heterocycles. The van der Waals surface area contributed by atoms with Crippen molar-refractivity contribution in [2.24, 2.45) is 0 Å². The Morgan fingerprint density at radius 3 is 2.71 bits per heavy atom. The summed E-state index contributed by atoms with van der Waals surface area (Å²) >= 11 is 0. The van der Waals surface area contributed by atoms with Crippen molar-refractivity contribution in [2.45, 2.75) is 6.42 Å². The van der Waals surface area contributed by atoms with E-state index in [4.69, 9.17) is 4.74 Å². The molecule has 0 saturated carbocycles. The highest BCUT2D eigenvalue weighted by Gasteiger charge is 2.25. The summed E-state index contributed by atoms with van der Waals surface area (Å²) < 4.78 is 5.46. The molecule has 0 unspecified atom stereocenters. The van der Waals surface area contributed by atoms with E-state index in [1.165, 1.54) is 0 Å². The Balaban J connectivity index is 1.32. The van der Waals surface area contributed by atoms with Crippen LogP contribution in [0.1, 0.15) is 6.42 Å². The van der Waals surface area contributed by atoms with E-state index in [0.717, 1.165) is 16.6 Å². The van der Waals surface area contributed by atoms with Crippen LogP contribution < -0.4 is 15.0 Å². The van der Waals surface area contributed by atoms with Crippen LogP contribution in [0.15, 0.2) is 72.8 Å². The number of amides is 2. The number of imidazole rings is 1. The van der Waals surface area contributed by atoms with Gasteiger partial charge in [-0.15, -0.1) is 0 Å². The molecule has 154 valence electrons. The van der Waals surface area contributed by atoms with E-state index in [1.807, 2.05) is 72.8 Å². The third-order valence-corrected chi connectivity index (χ3v) is 5.22. The Hall–Kier alpha value is -4.13. The molecule has 2 N–H and O–H groups in total. The molecule has 0 bridgehead atoms. The molecule has 4 aromatic rings. The van der Waals surface area contributed by atoms with Crippen LogP contribution in [0.2, 0.25) is 0 Å². The van der Waals surface area contributed by atoms with E-state index < -0.39 is 0 Å². The lowest BCUT2D eigenvalue weighted by Crippen LogP contribution is -2.40. The molecule has 0 aliphatic carbocycles. The second-order valence-corrected chi connectivity index (χ2v) is 7.25. The van der Waals surface area contributed by atoms with Gasteiger partial charge >= 0.3 is 0 Å². The predicted octanol–water partition coefficient (Wildman–Crippen LogP) is 3.98. The molecular weight excluding hydrogens is 392 g/mol. The summed E-state index contributed by atoms with van der Waals surface area (Å²) in [7, 11) is 0. The smallest absolute Gasteiger partial charge is 0.265 e. The van der Waals surface area contributed by atoms with Crippen LogP contribution in [-0.4, -0.2) is 34.9 Å². The fourth-order valence-corrected chi connectivity index (χ4v) is 3.70. The van der Waals surface area contributed by atoms with E-state index in [9.17, 15) is 9.59 Å². The van der Waals surface area contributed by atoms with Crippen molar-refractivity contribution in [1.82, 2.24) is 9.97 Å². The summed E-state index contributed by atoms with van der Waals surface area (Å²) in [4.78, 5) is 34.6. The standard InChI is InChI=1S/C24H20N4O3/c29-22(13-14-28-20-11-5-6-12-21(20)31-15-23(28)30)25-17-8-2-1-7-16(17)24-26-18-9-3-4-10-19(18)27-24/h1-12H,13-15H2,(H,25,29)(H,26,27). The first-order valence-corrected chi connectivity index (χ1v) is 10.1. The molecule has 31 heavy (non-hydrogen) atoms. The number of hydrogen-bond donors (Lipinski definition) is 2. The molecule has 3 aromatic carbocycles. The highest BCUT2D eigenvalue weighted by Crippen LogP contribution is 2.32. The van der Waals surface area contributed by atoms with Crippen LogP contribution >= 0.6 is 0 Å². The lowest BCUT2D eigenvalue weighted by molar-refractivity contribution is -0.121. The molecule has 5 rings (SSSR count). The Labute approximate surface area is 178 Å². The van der Waals surface area contributed by atoms with Gasteiger partial charge in [-0.3, -0.25) is 9.59 Å². The third kappa shape index (κ3) is 3.73. The van der Waals surface area contributed by atoms with Gasteiger partial charge in [-0.05, 0) is 36.4 Å². The molecule has 0 atom stereocenters. The lowest BCUT2D eigenvalue weighted by atomic mass is 10.1. The number of nitrogens with one attached hydrogen (secondary N) is 2. The highest BCUT2D eigenvalue weighted by atomic mass is 16.5. The molecular formula is C24H20N4O3. The van der Waals surface area contributed by atoms with Crippen molar-refractivity contribution in [3.05, 3.63) is 72.8 Å². The quantitative estimate of drug-likeness (QED) is 0.519. The number of carbonyl (C=O) groups is 2. The van der Waals surface area contributed by atoms with Gasteiger partial charge in [-0.1, -0.05) is 36.4 Å². The van der Waals surface area contributed by atoms with E-state index in [0.29, 0.717) is 22.9 Å². The fraction of sp³-hybridized carbons (Fsp3) is 0.125. The number of aromatic amines is 1. The Morgan fingerprint density at radius 2 is 1.81 bits per heavy atom. The second-order valence-electron chi connectivity index (χ2n) is 7.25. The molecule has 1 aromatic heterocycles. The first kappa shape index (κ1) is 18.9. The number of para-hydroxylation sites is 5. The minimum atomic E-state index is -0.180. The summed E-state index contributed by atoms with van der Waals surface area (Å²) in [6.45, 7) is 0.255. The van der Waals surface area contributed by atoms with Crippen LogP contribution in [0.5, 0.6) is 5.75 Å². The summed E-state index contributed by atoms with van der Waals surface area (Å²) in [5, 5.41) is 2.96. The number of ether oxygens (including phenoxy) is 1. The largest absolute Gasteiger partial charge is 0.482 e. The second kappa shape index (κ2) is 7.95. The van der Waals surface area contributed by atoms with E-state index in [1.54, 1.807) is 4.90 Å². The van der Waals surface area contributed by atoms with Gasteiger partial charge in [0, 0.05) is 18.5 Å². The maximum absolute atomic E-state index is 12.7. The van der Waals surface area contributed by atoms with Crippen LogP contribution in [0, 0.1) is 0 Å². The topological polar surface area (TPSA) is 87.3 Å². The Bertz CT molecular complexity index is 1250. The number of benzene rings is 3. The van der Waals surface area contributed by atoms with Crippen molar-refractivity contribution in [3.63, 3.8) is 0 Å². The number of hydrogen-bond acceptors (Lipinski definition) is 4. The number of H-pyrrole nitrogens is 1. The number of rotatable bonds is 5. The molecule has 0 spiro atoms. The Kier molecular flexibility index (Phi) is 4.84. The summed E-state index contributed by atoms with van der Waals surface area (Å²) in [5.41, 5.74) is 3.96. The van der Waals surface area contributed by atoms with Crippen LogP contribution in [-0.2, 0) is 9.59 Å². The van der Waals surface area contributed by atoms with Crippen molar-refractivity contribution >= 4 is 34.2 Å². The van der Waals surface area contributed by atoms with Gasteiger partial charge < -0.3 is 19.9 Å². The molecule has 0 saturated heterocycles. The lowest BCUT2D eigenvalue weighted by Gasteiger charge is -2.29. The molecule has 0 fully saturated rings. The highest BCUT2D eigenvalue weighted by molar-refractivity contribution is 6.00. The molecule has 1 aliphatic heterocycles. The van der Waals surface area contributed by atoms with Crippen molar-refractivity contribution in [3.8, 4) is 17.1 Å². The van der Waals surface area contributed by atoms with Crippen LogP contribution in [0.25, 0.3) is 22.4 Å². The first-order valence-electron chi connectivity index (χ1n) is 10.1. The average molecular weight is 412 g/mol. The number of fused-ring (bicyclic) bond motifs is 2. The van der Waals surface area contributed by atoms with Gasteiger partial charge in [-0.2, -0.15) is 0 Å². The molecule has 1 aliphatic rings. The summed E-state index contributed by atoms with van der Waals surface area (Å²) in [5.74, 6) is 1.00. The normalized spacial score (nSPS) is 13.0. The van der Waals surface area contributed by atoms with Gasteiger partial charge in [0.1, 0.15) is 11.6 Å². The van der Waals surface area contributed by atoms with Crippen molar-refractivity contribution < 1.29 is 14.3 Å². The SMILES string of the molecule is O=C(CCN1C(=O)COc2ccccc21)Nc1ccccc1-c1nc2ccccc2[nH]1. The van der Waals surface area contributed by atoms with Gasteiger partial charge in [0.2, 0.25) is 5.91 Å². The molecule has 7 heteroatoms. The molecule has 7 nitrogen and oxygen atoms in total. The maximum atomic E-state index is 12.7. The van der Waals surface area contributed by atoms with Gasteiger partial charge in [0.05, 0.1) is 22.4 Å². The van der Waals surface area contributed by atoms with Crippen LogP contribution in [0.4, 0.5) is 11.4 Å². The zero-order chi connectivity index (χ0) is 21.2. The van der Waals surface area contributed by atoms with Gasteiger partial charge in [0.25, 0.3) is 5.91 Å². The predicted molar refractivity (Wildman–Crippen MR) is 119 cm³/mol. The molecule has 0 radical (unpaired) electrons. The zero-order valence-corrected chi connectivity index (χ0v) is 16.7. The maximum Gasteiger partial charge on any atom is 0.265 e. The van der Waals surface area contributed by atoms with Crippen molar-refractivity contribution in [1.29, 1.82) is 0 Å². The zero-order valence-electron chi connectivity index (χ0n) is 16.7. The van der Waals surface area contributed by atoms with E-state index in [-0.39, 0.29) is 31.4 Å². The minimum Gasteiger partial charge on any atom is -0.482 e. The van der Waals surface area contributed by atoms with Crippen LogP contribution in [0.3, 0.4) is 0 Å².